The quantitative estimate of drug-likeness (QED) is 0.0515. The van der Waals surface area contributed by atoms with Crippen molar-refractivity contribution in [3.63, 3.8) is 0 Å². The Morgan fingerprint density at radius 1 is 0.979 bits per heavy atom. The fourth-order valence-electron chi connectivity index (χ4n) is 5.95. The fraction of sp³-hybridized carbons (Fsp3) is 0.645. The predicted molar refractivity (Wildman–Crippen MR) is 173 cm³/mol. The third-order valence-electron chi connectivity index (χ3n) is 8.53. The number of unbranched alkanes of at least 4 members (excludes halogenated alkanes) is 8. The van der Waals surface area contributed by atoms with Crippen molar-refractivity contribution in [1.29, 1.82) is 0 Å². The molecule has 0 radical (unpaired) electrons. The van der Waals surface area contributed by atoms with Gasteiger partial charge in [0, 0.05) is 0 Å². The van der Waals surface area contributed by atoms with Crippen LogP contribution in [0.2, 0.25) is 0 Å². The average Bonchev–Trinajstić information content (AvgIpc) is 2.99. The first kappa shape index (κ1) is 38.4. The minimum absolute atomic E-state index is 0.197. The molecule has 0 aliphatic carbocycles. The Kier molecular flexibility index (Phi) is 14.2. The molecule has 0 unspecified atom stereocenters. The van der Waals surface area contributed by atoms with Crippen molar-refractivity contribution in [2.45, 2.75) is 122 Å². The van der Waals surface area contributed by atoms with Gasteiger partial charge >= 0.3 is 19.5 Å². The van der Waals surface area contributed by atoms with Gasteiger partial charge in [-0.15, -0.1) is 0 Å². The maximum Gasteiger partial charge on any atom is 0.469 e. The molecule has 3 rings (SSSR count). The smallest absolute Gasteiger partial charge is 0.469 e. The maximum atomic E-state index is 13.0. The van der Waals surface area contributed by atoms with Crippen LogP contribution >= 0.6 is 7.82 Å². The molecule has 1 aromatic carbocycles. The van der Waals surface area contributed by atoms with E-state index >= 15 is 0 Å². The summed E-state index contributed by atoms with van der Waals surface area (Å²) in [6.07, 6.45) is 4.53. The second-order valence-corrected chi connectivity index (χ2v) is 13.4. The van der Waals surface area contributed by atoms with Crippen LogP contribution in [0.1, 0.15) is 100 Å². The maximum absolute atomic E-state index is 13.0. The average molecular weight is 683 g/mol. The third-order valence-corrected chi connectivity index (χ3v) is 9.01. The number of benzene rings is 1. The molecule has 16 heteroatoms. The van der Waals surface area contributed by atoms with E-state index in [2.05, 4.69) is 26.4 Å². The first-order valence-corrected chi connectivity index (χ1v) is 17.6. The summed E-state index contributed by atoms with van der Waals surface area (Å²) in [6, 6.07) is 1.69. The van der Waals surface area contributed by atoms with Gasteiger partial charge < -0.3 is 34.8 Å². The highest BCUT2D eigenvalue weighted by Crippen LogP contribution is 2.38. The monoisotopic (exact) mass is 682 g/mol. The van der Waals surface area contributed by atoms with E-state index in [4.69, 9.17) is 9.79 Å². The molecule has 4 atom stereocenters. The normalized spacial score (nSPS) is 14.8. The number of aryl methyl sites for hydroxylation is 1. The standard InChI is InChI=1S/C31H47N4O11P/c1-4-5-6-7-8-9-10-11-12-13-20(15-24(38)39)25-19(3)18(2)14-21-26(25)32-27-29(33-31(42)34-30(27)41)35(21)16-22(36)28(40)23(37)17-46-47(43,44)45/h14,20,22-23,28,36-37,40H,4-13,15-17H2,1-3H3,(H,38,39)(H,34,41,42)(H2,43,44,45)/t20-,22+,23-,28+/m1/s1. The van der Waals surface area contributed by atoms with Gasteiger partial charge in [-0.25, -0.2) is 14.3 Å². The van der Waals surface area contributed by atoms with Crippen LogP contribution in [0.15, 0.2) is 15.7 Å². The van der Waals surface area contributed by atoms with Gasteiger partial charge in [-0.2, -0.15) is 4.98 Å². The fourth-order valence-corrected chi connectivity index (χ4v) is 6.30. The topological polar surface area (TPSA) is 245 Å². The Morgan fingerprint density at radius 3 is 2.19 bits per heavy atom. The van der Waals surface area contributed by atoms with Gasteiger partial charge in [0.15, 0.2) is 11.5 Å². The van der Waals surface area contributed by atoms with Crippen LogP contribution in [-0.4, -0.2) is 80.6 Å². The highest BCUT2D eigenvalue weighted by molar-refractivity contribution is 7.46. The minimum Gasteiger partial charge on any atom is -0.481 e. The summed E-state index contributed by atoms with van der Waals surface area (Å²) >= 11 is 0. The van der Waals surface area contributed by atoms with E-state index in [0.717, 1.165) is 36.8 Å². The summed E-state index contributed by atoms with van der Waals surface area (Å²) in [5.41, 5.74) is 0.567. The van der Waals surface area contributed by atoms with Crippen LogP contribution in [-0.2, 0) is 20.4 Å². The number of hydrogen-bond donors (Lipinski definition) is 7. The molecule has 0 saturated carbocycles. The molecule has 262 valence electrons. The molecule has 2 aliphatic rings. The van der Waals surface area contributed by atoms with E-state index in [1.807, 2.05) is 13.8 Å². The van der Waals surface area contributed by atoms with Crippen LogP contribution in [0.4, 0.5) is 0 Å². The lowest BCUT2D eigenvalue weighted by Gasteiger charge is -2.27. The molecule has 0 aromatic heterocycles. The number of aliphatic hydroxyl groups is 3. The van der Waals surface area contributed by atoms with Crippen LogP contribution in [0.5, 0.6) is 0 Å². The number of fused-ring (bicyclic) bond motifs is 2. The lowest BCUT2D eigenvalue weighted by Crippen LogP contribution is -2.42. The number of carbonyl (C=O) groups is 1. The molecule has 2 heterocycles. The van der Waals surface area contributed by atoms with Crippen LogP contribution in [0.25, 0.3) is 22.6 Å². The predicted octanol–water partition coefficient (Wildman–Crippen LogP) is 2.87. The summed E-state index contributed by atoms with van der Waals surface area (Å²) < 4.78 is 16.6. The van der Waals surface area contributed by atoms with Crippen molar-refractivity contribution in [3.05, 3.63) is 43.6 Å². The molecule has 7 N–H and O–H groups in total. The van der Waals surface area contributed by atoms with Gasteiger partial charge in [0.1, 0.15) is 18.3 Å². The number of aromatic amines is 1. The third kappa shape index (κ3) is 10.7. The van der Waals surface area contributed by atoms with E-state index in [1.165, 1.54) is 36.7 Å². The number of aliphatic hydroxyl groups excluding tert-OH is 3. The molecule has 0 bridgehead atoms. The summed E-state index contributed by atoms with van der Waals surface area (Å²) in [5.74, 6) is -1.71. The minimum atomic E-state index is -4.98. The summed E-state index contributed by atoms with van der Waals surface area (Å²) in [5, 5.41) is 41.6. The molecule has 0 spiro atoms. The van der Waals surface area contributed by atoms with Crippen molar-refractivity contribution in [2.75, 3.05) is 6.61 Å². The van der Waals surface area contributed by atoms with Crippen molar-refractivity contribution in [3.8, 4) is 11.5 Å². The zero-order valence-corrected chi connectivity index (χ0v) is 28.0. The van der Waals surface area contributed by atoms with Gasteiger partial charge in [-0.1, -0.05) is 64.7 Å². The van der Waals surface area contributed by atoms with Gasteiger partial charge in [0.05, 0.1) is 30.6 Å². The molecule has 15 nitrogen and oxygen atoms in total. The number of phosphoric acid groups is 1. The second-order valence-electron chi connectivity index (χ2n) is 12.2. The number of aliphatic carboxylic acids is 1. The lowest BCUT2D eigenvalue weighted by atomic mass is 9.84. The van der Waals surface area contributed by atoms with E-state index in [9.17, 15) is 39.4 Å². The summed E-state index contributed by atoms with van der Waals surface area (Å²) in [6.45, 7) is 4.29. The first-order chi connectivity index (χ1) is 22.1. The van der Waals surface area contributed by atoms with Gasteiger partial charge in [-0.05, 0) is 48.9 Å². The Bertz CT molecular complexity index is 1640. The number of carboxylic acid groups (broad SMARTS) is 1. The van der Waals surface area contributed by atoms with Gasteiger partial charge in [0.25, 0.3) is 5.56 Å². The van der Waals surface area contributed by atoms with Gasteiger partial charge in [0.2, 0.25) is 0 Å². The van der Waals surface area contributed by atoms with Crippen LogP contribution < -0.4 is 11.2 Å². The van der Waals surface area contributed by atoms with E-state index < -0.39 is 62.4 Å². The Hall–Kier alpha value is -3.04. The van der Waals surface area contributed by atoms with Crippen LogP contribution in [0.3, 0.4) is 0 Å². The van der Waals surface area contributed by atoms with Gasteiger partial charge in [-0.3, -0.25) is 19.1 Å². The number of aromatic nitrogens is 4. The second kappa shape index (κ2) is 17.4. The van der Waals surface area contributed by atoms with Crippen molar-refractivity contribution >= 4 is 24.8 Å². The molecule has 0 fully saturated rings. The van der Waals surface area contributed by atoms with Crippen molar-refractivity contribution in [2.24, 2.45) is 0 Å². The number of H-pyrrole nitrogens is 1. The van der Waals surface area contributed by atoms with Crippen LogP contribution in [0, 0.1) is 13.8 Å². The van der Waals surface area contributed by atoms with E-state index in [1.54, 1.807) is 6.07 Å². The molecule has 0 amide bonds. The Labute approximate surface area is 272 Å². The summed E-state index contributed by atoms with van der Waals surface area (Å²) in [4.78, 5) is 65.7. The first-order valence-electron chi connectivity index (χ1n) is 16.0. The lowest BCUT2D eigenvalue weighted by molar-refractivity contribution is -0.137. The largest absolute Gasteiger partial charge is 0.481 e. The number of hydrogen-bond acceptors (Lipinski definition) is 10. The number of carboxylic acids is 1. The van der Waals surface area contributed by atoms with E-state index in [-0.39, 0.29) is 23.5 Å². The van der Waals surface area contributed by atoms with Crippen molar-refractivity contribution < 1.29 is 44.1 Å². The SMILES string of the molecule is CCCCCCCCCCC[C@H](CC(=O)O)c1c(C)c(C)cc2c1nc1c(=O)[nH]c(=O)nc-1n2C[C@H](O)[C@H](O)[C@H](O)COP(=O)(O)O. The molecular formula is C31H47N4O11P. The number of nitrogens with zero attached hydrogens (tertiary/aromatic N) is 3. The highest BCUT2D eigenvalue weighted by Gasteiger charge is 2.31. The molecule has 1 aromatic rings. The number of phosphoric ester groups is 1. The Morgan fingerprint density at radius 2 is 1.60 bits per heavy atom. The number of rotatable bonds is 20. The molecule has 2 aliphatic heterocycles. The molecule has 47 heavy (non-hydrogen) atoms. The molecule has 0 saturated heterocycles. The summed E-state index contributed by atoms with van der Waals surface area (Å²) in [7, 11) is -4.98. The Balaban J connectivity index is 2.05. The van der Waals surface area contributed by atoms with Crippen molar-refractivity contribution in [1.82, 2.24) is 19.5 Å². The zero-order chi connectivity index (χ0) is 34.9. The molecular weight excluding hydrogens is 635 g/mol. The number of nitrogens with one attached hydrogen (secondary N) is 1. The highest BCUT2D eigenvalue weighted by atomic mass is 31.2. The van der Waals surface area contributed by atoms with E-state index in [0.29, 0.717) is 17.5 Å². The zero-order valence-electron chi connectivity index (χ0n) is 27.1.